The number of aliphatic hydroxyl groups is 1. The minimum Gasteiger partial charge on any atom is -0.394 e. The molecule has 0 radical (unpaired) electrons. The highest BCUT2D eigenvalue weighted by molar-refractivity contribution is 5.49. The van der Waals surface area contributed by atoms with Crippen LogP contribution in [0.2, 0.25) is 0 Å². The molecule has 2 aromatic carbocycles. The summed E-state index contributed by atoms with van der Waals surface area (Å²) >= 11 is 0. The molecule has 1 aliphatic heterocycles. The molecule has 3 nitrogen and oxygen atoms in total. The Morgan fingerprint density at radius 2 is 1.80 bits per heavy atom. The van der Waals surface area contributed by atoms with Crippen molar-refractivity contribution < 1.29 is 9.84 Å². The number of hydrogen-bond donors (Lipinski definition) is 1. The van der Waals surface area contributed by atoms with Crippen molar-refractivity contribution in [2.75, 3.05) is 18.1 Å². The Morgan fingerprint density at radius 3 is 2.45 bits per heavy atom. The second-order valence-electron chi connectivity index (χ2n) is 5.19. The van der Waals surface area contributed by atoms with Crippen molar-refractivity contribution >= 4 is 5.69 Å². The third-order valence-corrected chi connectivity index (χ3v) is 3.66. The van der Waals surface area contributed by atoms with Crippen LogP contribution in [0, 0.1) is 6.92 Å². The number of ether oxygens (including phenoxy) is 1. The van der Waals surface area contributed by atoms with Crippen LogP contribution in [-0.4, -0.2) is 24.4 Å². The van der Waals surface area contributed by atoms with E-state index in [2.05, 4.69) is 48.2 Å². The number of para-hydroxylation sites is 1. The van der Waals surface area contributed by atoms with Crippen LogP contribution in [0.25, 0.3) is 0 Å². The summed E-state index contributed by atoms with van der Waals surface area (Å²) in [5, 5.41) is 9.39. The van der Waals surface area contributed by atoms with Gasteiger partial charge in [-0.05, 0) is 19.1 Å². The molecule has 2 aromatic rings. The number of nitrogens with zero attached hydrogens (tertiary/aromatic N) is 1. The van der Waals surface area contributed by atoms with E-state index in [4.69, 9.17) is 4.74 Å². The maximum absolute atomic E-state index is 9.39. The number of rotatable bonds is 3. The van der Waals surface area contributed by atoms with Gasteiger partial charge >= 0.3 is 0 Å². The molecule has 104 valence electrons. The molecule has 0 bridgehead atoms. The van der Waals surface area contributed by atoms with Crippen molar-refractivity contribution in [1.82, 2.24) is 0 Å². The molecule has 1 saturated heterocycles. The van der Waals surface area contributed by atoms with Gasteiger partial charge in [-0.2, -0.15) is 0 Å². The lowest BCUT2D eigenvalue weighted by atomic mass is 10.1. The Balaban J connectivity index is 1.92. The minimum atomic E-state index is -0.137. The maximum atomic E-state index is 9.39. The second kappa shape index (κ2) is 5.65. The van der Waals surface area contributed by atoms with Crippen molar-refractivity contribution in [2.45, 2.75) is 19.3 Å². The zero-order valence-electron chi connectivity index (χ0n) is 11.6. The van der Waals surface area contributed by atoms with Gasteiger partial charge in [0.15, 0.2) is 6.23 Å². The van der Waals surface area contributed by atoms with E-state index in [0.717, 1.165) is 11.3 Å². The molecule has 1 fully saturated rings. The molecule has 1 N–H and O–H groups in total. The third kappa shape index (κ3) is 2.55. The molecule has 0 spiro atoms. The largest absolute Gasteiger partial charge is 0.394 e. The fraction of sp³-hybridized carbons (Fsp3) is 0.294. The SMILES string of the molecule is Cc1ccc(C2OC(CO)CN2c2ccccc2)cc1. The van der Waals surface area contributed by atoms with Crippen molar-refractivity contribution in [2.24, 2.45) is 0 Å². The van der Waals surface area contributed by atoms with Gasteiger partial charge in [-0.15, -0.1) is 0 Å². The van der Waals surface area contributed by atoms with Crippen molar-refractivity contribution in [1.29, 1.82) is 0 Å². The van der Waals surface area contributed by atoms with Gasteiger partial charge < -0.3 is 14.7 Å². The lowest BCUT2D eigenvalue weighted by Gasteiger charge is -2.25. The summed E-state index contributed by atoms with van der Waals surface area (Å²) in [6, 6.07) is 18.6. The van der Waals surface area contributed by atoms with E-state index in [1.54, 1.807) is 0 Å². The monoisotopic (exact) mass is 269 g/mol. The van der Waals surface area contributed by atoms with E-state index in [9.17, 15) is 5.11 Å². The van der Waals surface area contributed by atoms with Gasteiger partial charge in [0.1, 0.15) is 6.10 Å². The third-order valence-electron chi connectivity index (χ3n) is 3.66. The van der Waals surface area contributed by atoms with Crippen LogP contribution < -0.4 is 4.90 Å². The Labute approximate surface area is 119 Å². The average Bonchev–Trinajstić information content (AvgIpc) is 2.93. The average molecular weight is 269 g/mol. The number of aryl methyl sites for hydroxylation is 1. The molecule has 0 saturated carbocycles. The maximum Gasteiger partial charge on any atom is 0.157 e. The van der Waals surface area contributed by atoms with Crippen LogP contribution >= 0.6 is 0 Å². The second-order valence-corrected chi connectivity index (χ2v) is 5.19. The van der Waals surface area contributed by atoms with Gasteiger partial charge in [-0.25, -0.2) is 0 Å². The first-order chi connectivity index (χ1) is 9.78. The van der Waals surface area contributed by atoms with E-state index in [0.29, 0.717) is 6.54 Å². The molecule has 0 amide bonds. The topological polar surface area (TPSA) is 32.7 Å². The van der Waals surface area contributed by atoms with Gasteiger partial charge in [-0.3, -0.25) is 0 Å². The summed E-state index contributed by atoms with van der Waals surface area (Å²) in [4.78, 5) is 2.20. The molecule has 2 atom stereocenters. The molecule has 3 rings (SSSR count). The smallest absolute Gasteiger partial charge is 0.157 e. The van der Waals surface area contributed by atoms with Crippen LogP contribution in [0.15, 0.2) is 54.6 Å². The van der Waals surface area contributed by atoms with Crippen molar-refractivity contribution in [3.63, 3.8) is 0 Å². The fourth-order valence-corrected chi connectivity index (χ4v) is 2.56. The zero-order valence-corrected chi connectivity index (χ0v) is 11.6. The Kier molecular flexibility index (Phi) is 3.72. The van der Waals surface area contributed by atoms with E-state index in [1.807, 2.05) is 18.2 Å². The summed E-state index contributed by atoms with van der Waals surface area (Å²) in [5.41, 5.74) is 3.47. The first-order valence-electron chi connectivity index (χ1n) is 6.92. The van der Waals surface area contributed by atoms with Gasteiger partial charge in [0, 0.05) is 17.8 Å². The minimum absolute atomic E-state index is 0.0473. The number of anilines is 1. The molecule has 0 aromatic heterocycles. The molecule has 20 heavy (non-hydrogen) atoms. The standard InChI is InChI=1S/C17H19NO2/c1-13-7-9-14(10-8-13)17-18(11-16(12-19)20-17)15-5-3-2-4-6-15/h2-10,16-17,19H,11-12H2,1H3. The Morgan fingerprint density at radius 1 is 1.10 bits per heavy atom. The lowest BCUT2D eigenvalue weighted by Crippen LogP contribution is -2.25. The van der Waals surface area contributed by atoms with Crippen molar-refractivity contribution in [3.05, 3.63) is 65.7 Å². The highest BCUT2D eigenvalue weighted by Gasteiger charge is 2.33. The van der Waals surface area contributed by atoms with Gasteiger partial charge in [-0.1, -0.05) is 48.0 Å². The van der Waals surface area contributed by atoms with Crippen molar-refractivity contribution in [3.8, 4) is 0 Å². The lowest BCUT2D eigenvalue weighted by molar-refractivity contribution is 0.0147. The first kappa shape index (κ1) is 13.2. The van der Waals surface area contributed by atoms with Crippen LogP contribution in [0.3, 0.4) is 0 Å². The highest BCUT2D eigenvalue weighted by atomic mass is 16.5. The van der Waals surface area contributed by atoms with Crippen LogP contribution in [0.5, 0.6) is 0 Å². The molecule has 2 unspecified atom stereocenters. The predicted octanol–water partition coefficient (Wildman–Crippen LogP) is 2.89. The van der Waals surface area contributed by atoms with Crippen LogP contribution in [0.1, 0.15) is 17.4 Å². The molecule has 1 aliphatic rings. The highest BCUT2D eigenvalue weighted by Crippen LogP contribution is 2.34. The van der Waals surface area contributed by atoms with E-state index in [-0.39, 0.29) is 18.9 Å². The van der Waals surface area contributed by atoms with E-state index in [1.165, 1.54) is 5.56 Å². The molecule has 0 aliphatic carbocycles. The Hall–Kier alpha value is -1.84. The first-order valence-corrected chi connectivity index (χ1v) is 6.92. The molecular weight excluding hydrogens is 250 g/mol. The number of hydrogen-bond acceptors (Lipinski definition) is 3. The molecular formula is C17H19NO2. The predicted molar refractivity (Wildman–Crippen MR) is 79.7 cm³/mol. The van der Waals surface area contributed by atoms with E-state index >= 15 is 0 Å². The molecule has 3 heteroatoms. The van der Waals surface area contributed by atoms with Crippen LogP contribution in [0.4, 0.5) is 5.69 Å². The molecule has 1 heterocycles. The summed E-state index contributed by atoms with van der Waals surface area (Å²) in [6.45, 7) is 2.83. The van der Waals surface area contributed by atoms with Crippen LogP contribution in [-0.2, 0) is 4.74 Å². The quantitative estimate of drug-likeness (QED) is 0.930. The summed E-state index contributed by atoms with van der Waals surface area (Å²) in [6.07, 6.45) is -0.267. The zero-order chi connectivity index (χ0) is 13.9. The summed E-state index contributed by atoms with van der Waals surface area (Å²) in [5.74, 6) is 0. The summed E-state index contributed by atoms with van der Waals surface area (Å²) in [7, 11) is 0. The van der Waals surface area contributed by atoms with Gasteiger partial charge in [0.05, 0.1) is 6.61 Å². The fourth-order valence-electron chi connectivity index (χ4n) is 2.56. The number of benzene rings is 2. The normalized spacial score (nSPS) is 22.2. The van der Waals surface area contributed by atoms with E-state index < -0.39 is 0 Å². The van der Waals surface area contributed by atoms with Gasteiger partial charge in [0.25, 0.3) is 0 Å². The summed E-state index contributed by atoms with van der Waals surface area (Å²) < 4.78 is 5.98. The Bertz CT molecular complexity index is 553. The van der Waals surface area contributed by atoms with Gasteiger partial charge in [0.2, 0.25) is 0 Å². The number of aliphatic hydroxyl groups excluding tert-OH is 1.